The number of benzene rings is 1. The van der Waals surface area contributed by atoms with Crippen LogP contribution in [0.1, 0.15) is 35.7 Å². The molecule has 1 amide bonds. The summed E-state index contributed by atoms with van der Waals surface area (Å²) in [5.41, 5.74) is 13.5. The first-order chi connectivity index (χ1) is 14.9. The van der Waals surface area contributed by atoms with E-state index in [1.165, 1.54) is 20.0 Å². The van der Waals surface area contributed by atoms with Crippen molar-refractivity contribution in [3.8, 4) is 5.75 Å². The van der Waals surface area contributed by atoms with E-state index >= 15 is 0 Å². The lowest BCUT2D eigenvalue weighted by Gasteiger charge is -2.38. The molecular formula is C23H38N4O4. The minimum absolute atomic E-state index is 0.0489. The first-order valence-corrected chi connectivity index (χ1v) is 11.2. The van der Waals surface area contributed by atoms with E-state index in [0.717, 1.165) is 50.7 Å². The van der Waals surface area contributed by atoms with E-state index in [1.54, 1.807) is 19.2 Å². The Hall–Kier alpha value is -1.87. The number of amides is 1. The second kappa shape index (κ2) is 11.1. The Bertz CT molecular complexity index is 737. The minimum atomic E-state index is -0.518. The summed E-state index contributed by atoms with van der Waals surface area (Å²) in [6.07, 6.45) is 3.45. The smallest absolute Gasteiger partial charge is 0.252 e. The van der Waals surface area contributed by atoms with Gasteiger partial charge in [-0.15, -0.1) is 0 Å². The number of anilines is 1. The van der Waals surface area contributed by atoms with Crippen LogP contribution in [0.15, 0.2) is 12.1 Å². The van der Waals surface area contributed by atoms with Crippen LogP contribution in [0.4, 0.5) is 5.69 Å². The van der Waals surface area contributed by atoms with Crippen molar-refractivity contribution in [2.75, 3.05) is 65.8 Å². The number of rotatable bonds is 9. The van der Waals surface area contributed by atoms with E-state index < -0.39 is 5.91 Å². The number of piperidine rings is 1. The number of nitrogens with two attached hydrogens (primary N) is 2. The van der Waals surface area contributed by atoms with Crippen molar-refractivity contribution in [2.24, 2.45) is 11.7 Å². The third kappa shape index (κ3) is 6.55. The van der Waals surface area contributed by atoms with E-state index in [4.69, 9.17) is 25.7 Å². The molecule has 31 heavy (non-hydrogen) atoms. The molecule has 0 aromatic heterocycles. The molecule has 4 N–H and O–H groups in total. The normalized spacial score (nSPS) is 22.4. The molecule has 2 fully saturated rings. The first-order valence-electron chi connectivity index (χ1n) is 11.2. The monoisotopic (exact) mass is 434 g/mol. The minimum Gasteiger partial charge on any atom is -0.496 e. The highest BCUT2D eigenvalue weighted by Crippen LogP contribution is 2.27. The van der Waals surface area contributed by atoms with Crippen molar-refractivity contribution in [3.05, 3.63) is 23.3 Å². The van der Waals surface area contributed by atoms with Crippen LogP contribution in [0.5, 0.6) is 5.75 Å². The Labute approximate surface area is 185 Å². The number of morpholine rings is 1. The van der Waals surface area contributed by atoms with Gasteiger partial charge in [-0.3, -0.25) is 9.69 Å². The van der Waals surface area contributed by atoms with E-state index in [0.29, 0.717) is 30.0 Å². The van der Waals surface area contributed by atoms with Gasteiger partial charge < -0.3 is 30.6 Å². The van der Waals surface area contributed by atoms with Crippen molar-refractivity contribution in [3.63, 3.8) is 0 Å². The van der Waals surface area contributed by atoms with Crippen molar-refractivity contribution < 1.29 is 19.0 Å². The first kappa shape index (κ1) is 23.8. The third-order valence-electron chi connectivity index (χ3n) is 6.54. The Balaban J connectivity index is 1.52. The zero-order valence-corrected chi connectivity index (χ0v) is 19.1. The quantitative estimate of drug-likeness (QED) is 0.566. The Morgan fingerprint density at radius 3 is 2.61 bits per heavy atom. The van der Waals surface area contributed by atoms with Gasteiger partial charge in [0.15, 0.2) is 0 Å². The summed E-state index contributed by atoms with van der Waals surface area (Å²) in [7, 11) is 3.28. The van der Waals surface area contributed by atoms with Gasteiger partial charge in [0.05, 0.1) is 31.5 Å². The number of carbonyl (C=O) groups excluding carboxylic acids is 1. The average Bonchev–Trinajstić information content (AvgIpc) is 2.76. The number of nitrogen functional groups attached to an aromatic ring is 1. The lowest BCUT2D eigenvalue weighted by molar-refractivity contribution is -0.0354. The second-order valence-corrected chi connectivity index (χ2v) is 8.86. The van der Waals surface area contributed by atoms with Crippen LogP contribution < -0.4 is 16.2 Å². The summed E-state index contributed by atoms with van der Waals surface area (Å²) >= 11 is 0. The molecule has 2 heterocycles. The van der Waals surface area contributed by atoms with Crippen molar-refractivity contribution in [1.29, 1.82) is 0 Å². The maximum absolute atomic E-state index is 11.8. The molecule has 2 aliphatic rings. The zero-order chi connectivity index (χ0) is 22.4. The predicted octanol–water partition coefficient (Wildman–Crippen LogP) is 1.37. The number of carbonyl (C=O) groups is 1. The largest absolute Gasteiger partial charge is 0.496 e. The van der Waals surface area contributed by atoms with Crippen molar-refractivity contribution >= 4 is 11.6 Å². The second-order valence-electron chi connectivity index (χ2n) is 8.86. The van der Waals surface area contributed by atoms with Crippen molar-refractivity contribution in [1.82, 2.24) is 9.80 Å². The predicted molar refractivity (Wildman–Crippen MR) is 121 cm³/mol. The highest BCUT2D eigenvalue weighted by molar-refractivity contribution is 5.96. The molecule has 3 rings (SSSR count). The molecule has 0 saturated carbocycles. The summed E-state index contributed by atoms with van der Waals surface area (Å²) in [4.78, 5) is 16.8. The molecule has 0 spiro atoms. The molecule has 8 nitrogen and oxygen atoms in total. The standard InChI is InChI=1S/C23H38N4O4/c1-16(29-2)13-26-6-4-17(5-7-26)14-27-8-9-31-19(15-27)10-18-11-20(23(25)28)22(30-3)12-21(18)24/h11-12,16-17,19H,4-10,13-15,24H2,1-3H3,(H2,25,28)/t16-,19?/m0/s1. The molecule has 1 aromatic rings. The van der Waals surface area contributed by atoms with Gasteiger partial charge in [0.1, 0.15) is 5.75 Å². The number of nitrogens with zero attached hydrogens (tertiary/aromatic N) is 2. The SMILES string of the molecule is COc1cc(N)c(CC2CN(CC3CCN(C[C@H](C)OC)CC3)CCO2)cc1C(N)=O. The van der Waals surface area contributed by atoms with Gasteiger partial charge >= 0.3 is 0 Å². The van der Waals surface area contributed by atoms with E-state index in [9.17, 15) is 4.79 Å². The molecule has 2 aliphatic heterocycles. The fraction of sp³-hybridized carbons (Fsp3) is 0.696. The Morgan fingerprint density at radius 1 is 1.23 bits per heavy atom. The van der Waals surface area contributed by atoms with Crippen LogP contribution in [0.2, 0.25) is 0 Å². The van der Waals surface area contributed by atoms with Gasteiger partial charge in [-0.05, 0) is 50.4 Å². The third-order valence-corrected chi connectivity index (χ3v) is 6.54. The van der Waals surface area contributed by atoms with Crippen molar-refractivity contribution in [2.45, 2.75) is 38.4 Å². The number of methoxy groups -OCH3 is 2. The highest BCUT2D eigenvalue weighted by Gasteiger charge is 2.27. The van der Waals surface area contributed by atoms with Crippen LogP contribution >= 0.6 is 0 Å². The van der Waals surface area contributed by atoms with Gasteiger partial charge in [-0.1, -0.05) is 0 Å². The molecule has 174 valence electrons. The summed E-state index contributed by atoms with van der Waals surface area (Å²) in [6.45, 7) is 9.09. The highest BCUT2D eigenvalue weighted by atomic mass is 16.5. The molecule has 1 unspecified atom stereocenters. The lowest BCUT2D eigenvalue weighted by Crippen LogP contribution is -2.47. The van der Waals surface area contributed by atoms with E-state index in [2.05, 4.69) is 16.7 Å². The summed E-state index contributed by atoms with van der Waals surface area (Å²) in [5, 5.41) is 0. The molecule has 2 saturated heterocycles. The van der Waals surface area contributed by atoms with Crippen LogP contribution in [-0.2, 0) is 15.9 Å². The molecule has 0 bridgehead atoms. The number of primary amides is 1. The topological polar surface area (TPSA) is 103 Å². The number of ether oxygens (including phenoxy) is 3. The maximum Gasteiger partial charge on any atom is 0.252 e. The van der Waals surface area contributed by atoms with Crippen LogP contribution in [0, 0.1) is 5.92 Å². The molecular weight excluding hydrogens is 396 g/mol. The number of hydrogen-bond donors (Lipinski definition) is 2. The fourth-order valence-electron chi connectivity index (χ4n) is 4.65. The molecule has 8 heteroatoms. The Morgan fingerprint density at radius 2 is 1.97 bits per heavy atom. The number of likely N-dealkylation sites (tertiary alicyclic amines) is 1. The van der Waals surface area contributed by atoms with E-state index in [-0.39, 0.29) is 12.2 Å². The molecule has 0 radical (unpaired) electrons. The lowest BCUT2D eigenvalue weighted by atomic mass is 9.95. The van der Waals surface area contributed by atoms with Crippen LogP contribution in [-0.4, -0.2) is 88.0 Å². The van der Waals surface area contributed by atoms with Gasteiger partial charge in [-0.2, -0.15) is 0 Å². The molecule has 0 aliphatic carbocycles. The number of hydrogen-bond acceptors (Lipinski definition) is 7. The summed E-state index contributed by atoms with van der Waals surface area (Å²) in [5.74, 6) is 0.613. The summed E-state index contributed by atoms with van der Waals surface area (Å²) in [6, 6.07) is 3.42. The molecule has 2 atom stereocenters. The average molecular weight is 435 g/mol. The summed E-state index contributed by atoms with van der Waals surface area (Å²) < 4.78 is 16.7. The van der Waals surface area contributed by atoms with Gasteiger partial charge in [0.25, 0.3) is 5.91 Å². The van der Waals surface area contributed by atoms with E-state index in [1.807, 2.05) is 0 Å². The van der Waals surface area contributed by atoms with Crippen LogP contribution in [0.25, 0.3) is 0 Å². The zero-order valence-electron chi connectivity index (χ0n) is 19.1. The van der Waals surface area contributed by atoms with Gasteiger partial charge in [0.2, 0.25) is 0 Å². The Kier molecular flexibility index (Phi) is 8.54. The van der Waals surface area contributed by atoms with Crippen LogP contribution in [0.3, 0.4) is 0 Å². The maximum atomic E-state index is 11.8. The van der Waals surface area contributed by atoms with Gasteiger partial charge in [-0.25, -0.2) is 0 Å². The van der Waals surface area contributed by atoms with Gasteiger partial charge in [0, 0.05) is 51.5 Å². The fourth-order valence-corrected chi connectivity index (χ4v) is 4.65. The molecule has 1 aromatic carbocycles.